The summed E-state index contributed by atoms with van der Waals surface area (Å²) >= 11 is 3.47. The summed E-state index contributed by atoms with van der Waals surface area (Å²) in [6.45, 7) is 2.71. The molecule has 0 radical (unpaired) electrons. The Morgan fingerprint density at radius 2 is 2.05 bits per heavy atom. The molecule has 106 valence electrons. The maximum absolute atomic E-state index is 9.80. The van der Waals surface area contributed by atoms with Crippen LogP contribution >= 0.6 is 15.9 Å². The van der Waals surface area contributed by atoms with Gasteiger partial charge in [0, 0.05) is 0 Å². The fourth-order valence-corrected chi connectivity index (χ4v) is 2.47. The summed E-state index contributed by atoms with van der Waals surface area (Å²) in [5.74, 6) is 0.566. The zero-order valence-corrected chi connectivity index (χ0v) is 13.1. The molecule has 0 amide bonds. The maximum Gasteiger partial charge on any atom is 0.286 e. The lowest BCUT2D eigenvalue weighted by atomic mass is 10.1. The van der Waals surface area contributed by atoms with E-state index in [0.29, 0.717) is 12.3 Å². The summed E-state index contributed by atoms with van der Waals surface area (Å²) in [5, 5.41) is 9.80. The van der Waals surface area contributed by atoms with E-state index in [4.69, 9.17) is 4.42 Å². The van der Waals surface area contributed by atoms with Gasteiger partial charge < -0.3 is 9.52 Å². The molecule has 20 heavy (non-hydrogen) atoms. The van der Waals surface area contributed by atoms with Gasteiger partial charge in [-0.05, 0) is 34.3 Å². The van der Waals surface area contributed by atoms with Gasteiger partial charge in [-0.15, -0.1) is 0 Å². The molecule has 0 aliphatic rings. The first kappa shape index (κ1) is 14.9. The predicted octanol–water partition coefficient (Wildman–Crippen LogP) is 4.71. The van der Waals surface area contributed by atoms with E-state index in [9.17, 15) is 5.11 Å². The minimum Gasteiger partial charge on any atom is -0.480 e. The highest BCUT2D eigenvalue weighted by Gasteiger charge is 2.15. The topological polar surface area (TPSA) is 45.7 Å². The van der Waals surface area contributed by atoms with Crippen LogP contribution in [0.25, 0.3) is 0 Å². The molecule has 4 heteroatoms. The Bertz CT molecular complexity index is 576. The van der Waals surface area contributed by atoms with Gasteiger partial charge in [0.05, 0.1) is 22.8 Å². The van der Waals surface area contributed by atoms with Crippen molar-refractivity contribution in [2.24, 2.45) is 4.99 Å². The van der Waals surface area contributed by atoms with E-state index in [2.05, 4.69) is 27.8 Å². The molecule has 2 rings (SSSR count). The number of unbranched alkanes of at least 4 members (excludes halogenated alkanes) is 1. The number of hydrogen-bond donors (Lipinski definition) is 1. The lowest BCUT2D eigenvalue weighted by Crippen LogP contribution is -1.86. The van der Waals surface area contributed by atoms with Gasteiger partial charge in [-0.2, -0.15) is 0 Å². The van der Waals surface area contributed by atoms with Gasteiger partial charge in [-0.1, -0.05) is 43.7 Å². The van der Waals surface area contributed by atoms with E-state index in [0.717, 1.165) is 34.9 Å². The van der Waals surface area contributed by atoms with Crippen molar-refractivity contribution in [3.8, 4) is 5.95 Å². The second kappa shape index (κ2) is 7.29. The zero-order chi connectivity index (χ0) is 14.4. The minimum absolute atomic E-state index is 0.00788. The van der Waals surface area contributed by atoms with Crippen LogP contribution in [0.2, 0.25) is 0 Å². The van der Waals surface area contributed by atoms with Crippen LogP contribution in [0, 0.1) is 0 Å². The number of halogens is 1. The third-order valence-corrected chi connectivity index (χ3v) is 3.92. The third-order valence-electron chi connectivity index (χ3n) is 3.05. The number of hydrogen-bond acceptors (Lipinski definition) is 3. The molecule has 1 heterocycles. The van der Waals surface area contributed by atoms with Gasteiger partial charge in [0.15, 0.2) is 5.76 Å². The molecule has 0 saturated heterocycles. The second-order valence-electron chi connectivity index (χ2n) is 4.62. The number of furan rings is 1. The summed E-state index contributed by atoms with van der Waals surface area (Å²) in [4.78, 5) is 4.35. The summed E-state index contributed by atoms with van der Waals surface area (Å²) in [5.41, 5.74) is 1.97. The van der Waals surface area contributed by atoms with Crippen molar-refractivity contribution in [1.29, 1.82) is 0 Å². The summed E-state index contributed by atoms with van der Waals surface area (Å²) in [6.07, 6.45) is 4.56. The van der Waals surface area contributed by atoms with Crippen molar-refractivity contribution in [2.45, 2.75) is 32.7 Å². The molecule has 1 aromatic carbocycles. The van der Waals surface area contributed by atoms with Crippen molar-refractivity contribution in [3.63, 3.8) is 0 Å². The standard InChI is InChI=1S/C16H18BrNO2/c1-2-3-9-13-15(17)14(20-16(13)19)11-18-10-12-7-5-4-6-8-12/h4-8,11,19H,2-3,9-10H2,1H3. The molecule has 0 unspecified atom stereocenters. The monoisotopic (exact) mass is 335 g/mol. The average molecular weight is 336 g/mol. The molecular weight excluding hydrogens is 318 g/mol. The Hall–Kier alpha value is -1.55. The highest BCUT2D eigenvalue weighted by molar-refractivity contribution is 9.10. The molecule has 0 aliphatic heterocycles. The number of benzene rings is 1. The van der Waals surface area contributed by atoms with Crippen LogP contribution in [-0.2, 0) is 13.0 Å². The molecule has 0 aliphatic carbocycles. The van der Waals surface area contributed by atoms with Crippen molar-refractivity contribution in [2.75, 3.05) is 0 Å². The lowest BCUT2D eigenvalue weighted by Gasteiger charge is -1.96. The van der Waals surface area contributed by atoms with Gasteiger partial charge in [-0.25, -0.2) is 0 Å². The van der Waals surface area contributed by atoms with Gasteiger partial charge in [-0.3, -0.25) is 4.99 Å². The van der Waals surface area contributed by atoms with E-state index in [-0.39, 0.29) is 5.95 Å². The second-order valence-corrected chi connectivity index (χ2v) is 5.42. The molecule has 1 N–H and O–H groups in total. The normalized spacial score (nSPS) is 11.3. The van der Waals surface area contributed by atoms with Crippen LogP contribution in [-0.4, -0.2) is 11.3 Å². The Morgan fingerprint density at radius 3 is 2.75 bits per heavy atom. The van der Waals surface area contributed by atoms with Gasteiger partial charge in [0.2, 0.25) is 0 Å². The van der Waals surface area contributed by atoms with Crippen LogP contribution in [0.5, 0.6) is 5.95 Å². The number of rotatable bonds is 6. The highest BCUT2D eigenvalue weighted by atomic mass is 79.9. The molecule has 3 nitrogen and oxygen atoms in total. The van der Waals surface area contributed by atoms with E-state index in [1.807, 2.05) is 30.3 Å². The fraction of sp³-hybridized carbons (Fsp3) is 0.312. The Balaban J connectivity index is 2.06. The van der Waals surface area contributed by atoms with E-state index in [1.54, 1.807) is 6.21 Å². The maximum atomic E-state index is 9.80. The molecule has 0 atom stereocenters. The van der Waals surface area contributed by atoms with Crippen LogP contribution in [0.3, 0.4) is 0 Å². The first-order valence-corrected chi connectivity index (χ1v) is 7.55. The van der Waals surface area contributed by atoms with Crippen LogP contribution in [0.15, 0.2) is 44.2 Å². The molecule has 0 spiro atoms. The quantitative estimate of drug-likeness (QED) is 0.777. The van der Waals surface area contributed by atoms with Crippen LogP contribution < -0.4 is 0 Å². The molecular formula is C16H18BrNO2. The fourth-order valence-electron chi connectivity index (χ4n) is 1.92. The summed E-state index contributed by atoms with van der Waals surface area (Å²) in [6, 6.07) is 10.0. The smallest absolute Gasteiger partial charge is 0.286 e. The molecule has 0 bridgehead atoms. The SMILES string of the molecule is CCCCc1c(O)oc(C=NCc2ccccc2)c1Br. The third kappa shape index (κ3) is 3.73. The largest absolute Gasteiger partial charge is 0.480 e. The van der Waals surface area contributed by atoms with Crippen molar-refractivity contribution < 1.29 is 9.52 Å². The van der Waals surface area contributed by atoms with E-state index in [1.165, 1.54) is 0 Å². The van der Waals surface area contributed by atoms with Crippen molar-refractivity contribution in [1.82, 2.24) is 0 Å². The van der Waals surface area contributed by atoms with E-state index >= 15 is 0 Å². The van der Waals surface area contributed by atoms with Gasteiger partial charge in [0.1, 0.15) is 0 Å². The molecule has 0 saturated carbocycles. The Kier molecular flexibility index (Phi) is 5.41. The van der Waals surface area contributed by atoms with Gasteiger partial charge >= 0.3 is 0 Å². The van der Waals surface area contributed by atoms with Crippen LogP contribution in [0.4, 0.5) is 0 Å². The highest BCUT2D eigenvalue weighted by Crippen LogP contribution is 2.33. The Labute approximate surface area is 127 Å². The summed E-state index contributed by atoms with van der Waals surface area (Å²) in [7, 11) is 0. The molecule has 0 fully saturated rings. The molecule has 2 aromatic rings. The van der Waals surface area contributed by atoms with Crippen molar-refractivity contribution >= 4 is 22.1 Å². The Morgan fingerprint density at radius 1 is 1.30 bits per heavy atom. The number of nitrogens with zero attached hydrogens (tertiary/aromatic N) is 1. The number of aliphatic imine (C=N–C) groups is 1. The zero-order valence-electron chi connectivity index (χ0n) is 11.5. The van der Waals surface area contributed by atoms with Crippen molar-refractivity contribution in [3.05, 3.63) is 51.7 Å². The first-order chi connectivity index (χ1) is 9.72. The summed E-state index contributed by atoms with van der Waals surface area (Å²) < 4.78 is 6.15. The minimum atomic E-state index is -0.00788. The predicted molar refractivity (Wildman–Crippen MR) is 84.4 cm³/mol. The molecule has 1 aromatic heterocycles. The van der Waals surface area contributed by atoms with Crippen LogP contribution in [0.1, 0.15) is 36.7 Å². The average Bonchev–Trinajstić information content (AvgIpc) is 2.73. The van der Waals surface area contributed by atoms with Gasteiger partial charge in [0.25, 0.3) is 5.95 Å². The van der Waals surface area contributed by atoms with E-state index < -0.39 is 0 Å². The first-order valence-electron chi connectivity index (χ1n) is 6.76. The lowest BCUT2D eigenvalue weighted by molar-refractivity contribution is 0.326. The number of aromatic hydroxyl groups is 1.